The fourth-order valence-corrected chi connectivity index (χ4v) is 4.52. The van der Waals surface area contributed by atoms with E-state index in [0.29, 0.717) is 6.04 Å². The molecular weight excluding hydrogens is 262 g/mol. The van der Waals surface area contributed by atoms with Crippen molar-refractivity contribution in [2.75, 3.05) is 13.1 Å². The van der Waals surface area contributed by atoms with E-state index in [-0.39, 0.29) is 5.92 Å². The first-order valence-electron chi connectivity index (χ1n) is 9.12. The van der Waals surface area contributed by atoms with E-state index in [0.717, 1.165) is 44.2 Å². The lowest BCUT2D eigenvalue weighted by molar-refractivity contribution is -0.146. The molecule has 2 fully saturated rings. The lowest BCUT2D eigenvalue weighted by Crippen LogP contribution is -2.47. The molecule has 1 aliphatic heterocycles. The Morgan fingerprint density at radius 1 is 1.10 bits per heavy atom. The lowest BCUT2D eigenvalue weighted by Gasteiger charge is -2.41. The SMILES string of the molecule is CCCC1CCC(C(=O)O)C(N2CCCC(CC)CC2)C1. The van der Waals surface area contributed by atoms with E-state index in [1.165, 1.54) is 38.5 Å². The summed E-state index contributed by atoms with van der Waals surface area (Å²) in [6.45, 7) is 6.77. The summed E-state index contributed by atoms with van der Waals surface area (Å²) in [6.07, 6.45) is 10.7. The number of aliphatic carboxylic acids is 1. The summed E-state index contributed by atoms with van der Waals surface area (Å²) in [6, 6.07) is 0.295. The van der Waals surface area contributed by atoms with Gasteiger partial charge in [-0.15, -0.1) is 0 Å². The predicted octanol–water partition coefficient (Wildman–Crippen LogP) is 4.17. The molecule has 1 saturated heterocycles. The Morgan fingerprint density at radius 2 is 1.90 bits per heavy atom. The fourth-order valence-electron chi connectivity index (χ4n) is 4.52. The first kappa shape index (κ1) is 16.8. The molecule has 3 nitrogen and oxygen atoms in total. The predicted molar refractivity (Wildman–Crippen MR) is 86.4 cm³/mol. The number of likely N-dealkylation sites (tertiary alicyclic amines) is 1. The number of rotatable bonds is 5. The fraction of sp³-hybridized carbons (Fsp3) is 0.944. The van der Waals surface area contributed by atoms with Gasteiger partial charge in [-0.2, -0.15) is 0 Å². The van der Waals surface area contributed by atoms with Crippen molar-refractivity contribution in [3.8, 4) is 0 Å². The van der Waals surface area contributed by atoms with Crippen LogP contribution in [0.3, 0.4) is 0 Å². The molecule has 1 saturated carbocycles. The van der Waals surface area contributed by atoms with E-state index >= 15 is 0 Å². The monoisotopic (exact) mass is 295 g/mol. The summed E-state index contributed by atoms with van der Waals surface area (Å²) in [5.41, 5.74) is 0. The Labute approximate surface area is 130 Å². The summed E-state index contributed by atoms with van der Waals surface area (Å²) in [5, 5.41) is 9.60. The van der Waals surface area contributed by atoms with Crippen molar-refractivity contribution in [1.29, 1.82) is 0 Å². The van der Waals surface area contributed by atoms with Crippen LogP contribution in [0.5, 0.6) is 0 Å². The third-order valence-electron chi connectivity index (χ3n) is 5.87. The standard InChI is InChI=1S/C18H33NO2/c1-3-6-15-8-9-16(18(20)21)17(13-15)19-11-5-7-14(4-2)10-12-19/h14-17H,3-13H2,1-2H3,(H,20,21). The van der Waals surface area contributed by atoms with Crippen LogP contribution < -0.4 is 0 Å². The molecule has 122 valence electrons. The van der Waals surface area contributed by atoms with E-state index in [9.17, 15) is 9.90 Å². The molecule has 4 unspecified atom stereocenters. The molecule has 0 spiro atoms. The zero-order valence-electron chi connectivity index (χ0n) is 13.9. The number of hydrogen-bond acceptors (Lipinski definition) is 2. The zero-order chi connectivity index (χ0) is 15.2. The van der Waals surface area contributed by atoms with Crippen molar-refractivity contribution in [3.63, 3.8) is 0 Å². The highest BCUT2D eigenvalue weighted by molar-refractivity contribution is 5.71. The van der Waals surface area contributed by atoms with Gasteiger partial charge in [0, 0.05) is 6.04 Å². The Morgan fingerprint density at radius 3 is 2.57 bits per heavy atom. The maximum Gasteiger partial charge on any atom is 0.308 e. The molecule has 1 aliphatic carbocycles. The van der Waals surface area contributed by atoms with E-state index in [4.69, 9.17) is 0 Å². The van der Waals surface area contributed by atoms with Crippen LogP contribution in [0.4, 0.5) is 0 Å². The van der Waals surface area contributed by atoms with Crippen LogP contribution >= 0.6 is 0 Å². The van der Waals surface area contributed by atoms with Gasteiger partial charge < -0.3 is 5.11 Å². The Balaban J connectivity index is 2.02. The second-order valence-electron chi connectivity index (χ2n) is 7.22. The van der Waals surface area contributed by atoms with Gasteiger partial charge in [0.15, 0.2) is 0 Å². The molecule has 0 radical (unpaired) electrons. The van der Waals surface area contributed by atoms with E-state index in [2.05, 4.69) is 18.7 Å². The normalized spacial score (nSPS) is 35.3. The minimum absolute atomic E-state index is 0.128. The summed E-state index contributed by atoms with van der Waals surface area (Å²) in [7, 11) is 0. The van der Waals surface area contributed by atoms with Gasteiger partial charge in [-0.1, -0.05) is 33.1 Å². The average Bonchev–Trinajstić information content (AvgIpc) is 2.72. The molecular formula is C18H33NO2. The van der Waals surface area contributed by atoms with Gasteiger partial charge in [0.1, 0.15) is 0 Å². The highest BCUT2D eigenvalue weighted by atomic mass is 16.4. The largest absolute Gasteiger partial charge is 0.481 e. The molecule has 21 heavy (non-hydrogen) atoms. The second-order valence-corrected chi connectivity index (χ2v) is 7.22. The molecule has 0 aromatic carbocycles. The summed E-state index contributed by atoms with van der Waals surface area (Å²) in [5.74, 6) is 0.914. The molecule has 1 heterocycles. The number of carbonyl (C=O) groups is 1. The van der Waals surface area contributed by atoms with E-state index in [1.807, 2.05) is 0 Å². The minimum atomic E-state index is -0.564. The average molecular weight is 295 g/mol. The number of hydrogen-bond donors (Lipinski definition) is 1. The molecule has 3 heteroatoms. The van der Waals surface area contributed by atoms with Crippen molar-refractivity contribution in [1.82, 2.24) is 4.90 Å². The lowest BCUT2D eigenvalue weighted by atomic mass is 9.76. The number of carboxylic acids is 1. The van der Waals surface area contributed by atoms with Crippen LogP contribution in [0.15, 0.2) is 0 Å². The zero-order valence-corrected chi connectivity index (χ0v) is 13.9. The van der Waals surface area contributed by atoms with Gasteiger partial charge in [-0.25, -0.2) is 0 Å². The number of carboxylic acid groups (broad SMARTS) is 1. The van der Waals surface area contributed by atoms with E-state index < -0.39 is 5.97 Å². The molecule has 0 aromatic rings. The first-order chi connectivity index (χ1) is 10.2. The highest BCUT2D eigenvalue weighted by Crippen LogP contribution is 2.36. The Bertz CT molecular complexity index is 331. The molecule has 0 aromatic heterocycles. The topological polar surface area (TPSA) is 40.5 Å². The number of nitrogens with zero attached hydrogens (tertiary/aromatic N) is 1. The highest BCUT2D eigenvalue weighted by Gasteiger charge is 2.38. The Hall–Kier alpha value is -0.570. The van der Waals surface area contributed by atoms with Crippen LogP contribution in [-0.2, 0) is 4.79 Å². The molecule has 2 aliphatic rings. The molecule has 2 rings (SSSR count). The van der Waals surface area contributed by atoms with Crippen LogP contribution in [0.2, 0.25) is 0 Å². The minimum Gasteiger partial charge on any atom is -0.481 e. The van der Waals surface area contributed by atoms with Crippen LogP contribution in [-0.4, -0.2) is 35.1 Å². The van der Waals surface area contributed by atoms with Crippen molar-refractivity contribution >= 4 is 5.97 Å². The van der Waals surface area contributed by atoms with Gasteiger partial charge in [0.2, 0.25) is 0 Å². The van der Waals surface area contributed by atoms with Crippen molar-refractivity contribution in [2.45, 2.75) is 77.7 Å². The van der Waals surface area contributed by atoms with Gasteiger partial charge in [-0.3, -0.25) is 9.69 Å². The van der Waals surface area contributed by atoms with Crippen LogP contribution in [0.25, 0.3) is 0 Å². The quantitative estimate of drug-likeness (QED) is 0.827. The van der Waals surface area contributed by atoms with Gasteiger partial charge in [0.25, 0.3) is 0 Å². The van der Waals surface area contributed by atoms with Gasteiger partial charge in [-0.05, 0) is 63.5 Å². The Kier molecular flexibility index (Phi) is 6.53. The third-order valence-corrected chi connectivity index (χ3v) is 5.87. The van der Waals surface area contributed by atoms with Gasteiger partial charge in [0.05, 0.1) is 5.92 Å². The van der Waals surface area contributed by atoms with Crippen molar-refractivity contribution in [3.05, 3.63) is 0 Å². The third kappa shape index (κ3) is 4.45. The van der Waals surface area contributed by atoms with Crippen molar-refractivity contribution in [2.24, 2.45) is 17.8 Å². The molecule has 0 amide bonds. The molecule has 0 bridgehead atoms. The summed E-state index contributed by atoms with van der Waals surface area (Å²) < 4.78 is 0. The van der Waals surface area contributed by atoms with Crippen LogP contribution in [0.1, 0.15) is 71.6 Å². The summed E-state index contributed by atoms with van der Waals surface area (Å²) >= 11 is 0. The first-order valence-corrected chi connectivity index (χ1v) is 9.12. The maximum absolute atomic E-state index is 11.7. The summed E-state index contributed by atoms with van der Waals surface area (Å²) in [4.78, 5) is 14.2. The maximum atomic E-state index is 11.7. The van der Waals surface area contributed by atoms with Crippen LogP contribution in [0, 0.1) is 17.8 Å². The second kappa shape index (κ2) is 8.17. The van der Waals surface area contributed by atoms with E-state index in [1.54, 1.807) is 0 Å². The molecule has 4 atom stereocenters. The smallest absolute Gasteiger partial charge is 0.308 e. The van der Waals surface area contributed by atoms with Gasteiger partial charge >= 0.3 is 5.97 Å². The molecule has 1 N–H and O–H groups in total. The van der Waals surface area contributed by atoms with Crippen molar-refractivity contribution < 1.29 is 9.90 Å².